The molecule has 1 aromatic heterocycles. The van der Waals surface area contributed by atoms with E-state index in [1.165, 1.54) is 6.92 Å². The van der Waals surface area contributed by atoms with Gasteiger partial charge in [-0.3, -0.25) is 4.79 Å². The standard InChI is InChI=1S/C14H17N3O4/c1-9-11(10(2)18)7-15-12(16-9)17-5-3-14(4-6-17)8-20-13(19)21-14/h7H,3-6,8H2,1-2H3. The van der Waals surface area contributed by atoms with E-state index >= 15 is 0 Å². The van der Waals surface area contributed by atoms with Crippen LogP contribution in [0.3, 0.4) is 0 Å². The molecule has 2 fully saturated rings. The molecule has 2 aliphatic heterocycles. The minimum Gasteiger partial charge on any atom is -0.430 e. The Bertz CT molecular complexity index is 594. The molecular formula is C14H17N3O4. The van der Waals surface area contributed by atoms with Gasteiger partial charge in [0.25, 0.3) is 0 Å². The molecule has 1 spiro atoms. The van der Waals surface area contributed by atoms with Gasteiger partial charge in [-0.2, -0.15) is 0 Å². The molecule has 7 heteroatoms. The van der Waals surface area contributed by atoms with E-state index in [2.05, 4.69) is 9.97 Å². The maximum atomic E-state index is 11.4. The van der Waals surface area contributed by atoms with Crippen molar-refractivity contribution in [1.82, 2.24) is 9.97 Å². The maximum Gasteiger partial charge on any atom is 0.509 e. The van der Waals surface area contributed by atoms with Gasteiger partial charge in [0, 0.05) is 32.1 Å². The minimum atomic E-state index is -0.582. The molecule has 1 aromatic rings. The van der Waals surface area contributed by atoms with Gasteiger partial charge in [0.15, 0.2) is 11.4 Å². The summed E-state index contributed by atoms with van der Waals surface area (Å²) >= 11 is 0. The van der Waals surface area contributed by atoms with Crippen molar-refractivity contribution >= 4 is 17.9 Å². The van der Waals surface area contributed by atoms with Crippen molar-refractivity contribution in [3.8, 4) is 0 Å². The van der Waals surface area contributed by atoms with E-state index in [0.717, 1.165) is 0 Å². The Morgan fingerprint density at radius 2 is 2.10 bits per heavy atom. The number of aryl methyl sites for hydroxylation is 1. The Morgan fingerprint density at radius 3 is 2.62 bits per heavy atom. The average molecular weight is 291 g/mol. The molecule has 0 N–H and O–H groups in total. The molecule has 112 valence electrons. The van der Waals surface area contributed by atoms with Gasteiger partial charge in [-0.15, -0.1) is 0 Å². The van der Waals surface area contributed by atoms with Gasteiger partial charge in [-0.05, 0) is 13.8 Å². The summed E-state index contributed by atoms with van der Waals surface area (Å²) in [7, 11) is 0. The smallest absolute Gasteiger partial charge is 0.430 e. The van der Waals surface area contributed by atoms with Crippen molar-refractivity contribution in [2.45, 2.75) is 32.3 Å². The Morgan fingerprint density at radius 1 is 1.38 bits per heavy atom. The van der Waals surface area contributed by atoms with E-state index in [-0.39, 0.29) is 5.78 Å². The van der Waals surface area contributed by atoms with E-state index in [0.29, 0.717) is 49.7 Å². The minimum absolute atomic E-state index is 0.0355. The fourth-order valence-electron chi connectivity index (χ4n) is 2.74. The van der Waals surface area contributed by atoms with Crippen LogP contribution in [0.15, 0.2) is 6.20 Å². The normalized spacial score (nSPS) is 20.3. The molecule has 0 atom stereocenters. The van der Waals surface area contributed by atoms with Crippen molar-refractivity contribution < 1.29 is 19.1 Å². The molecule has 0 bridgehead atoms. The van der Waals surface area contributed by atoms with Crippen LogP contribution >= 0.6 is 0 Å². The lowest BCUT2D eigenvalue weighted by Gasteiger charge is -2.36. The third-order valence-electron chi connectivity index (χ3n) is 4.06. The Kier molecular flexibility index (Phi) is 3.27. The van der Waals surface area contributed by atoms with Crippen LogP contribution in [0.1, 0.15) is 35.8 Å². The SMILES string of the molecule is CC(=O)c1cnc(N2CCC3(CC2)COC(=O)O3)nc1C. The van der Waals surface area contributed by atoms with Gasteiger partial charge in [0.2, 0.25) is 5.95 Å². The highest BCUT2D eigenvalue weighted by atomic mass is 16.8. The van der Waals surface area contributed by atoms with Crippen LogP contribution < -0.4 is 4.90 Å². The lowest BCUT2D eigenvalue weighted by molar-refractivity contribution is 0.0364. The molecule has 0 saturated carbocycles. The second-order valence-electron chi connectivity index (χ2n) is 5.54. The lowest BCUT2D eigenvalue weighted by atomic mass is 9.92. The number of Topliss-reactive ketones (excluding diaryl/α,β-unsaturated/α-hetero) is 1. The lowest BCUT2D eigenvalue weighted by Crippen LogP contribution is -2.46. The Balaban J connectivity index is 1.71. The zero-order valence-electron chi connectivity index (χ0n) is 12.1. The number of anilines is 1. The van der Waals surface area contributed by atoms with Gasteiger partial charge >= 0.3 is 6.16 Å². The molecule has 3 heterocycles. The number of cyclic esters (lactones) is 1. The van der Waals surface area contributed by atoms with E-state index in [9.17, 15) is 9.59 Å². The first kappa shape index (κ1) is 13.8. The fourth-order valence-corrected chi connectivity index (χ4v) is 2.74. The van der Waals surface area contributed by atoms with Crippen molar-refractivity contribution in [3.05, 3.63) is 17.5 Å². The van der Waals surface area contributed by atoms with E-state index in [4.69, 9.17) is 9.47 Å². The Labute approximate surface area is 122 Å². The number of piperidine rings is 1. The number of rotatable bonds is 2. The average Bonchev–Trinajstić information content (AvgIpc) is 2.80. The van der Waals surface area contributed by atoms with Crippen LogP contribution in [-0.4, -0.2) is 47.2 Å². The summed E-state index contributed by atoms with van der Waals surface area (Å²) in [6, 6.07) is 0. The summed E-state index contributed by atoms with van der Waals surface area (Å²) in [5.74, 6) is 0.573. The number of carbonyl (C=O) groups is 2. The van der Waals surface area contributed by atoms with E-state index in [1.807, 2.05) is 4.90 Å². The molecule has 2 saturated heterocycles. The number of hydrogen-bond donors (Lipinski definition) is 0. The van der Waals surface area contributed by atoms with E-state index in [1.54, 1.807) is 13.1 Å². The molecule has 0 aromatic carbocycles. The third-order valence-corrected chi connectivity index (χ3v) is 4.06. The highest BCUT2D eigenvalue weighted by Gasteiger charge is 2.45. The Hall–Kier alpha value is -2.18. The zero-order chi connectivity index (χ0) is 15.0. The maximum absolute atomic E-state index is 11.4. The number of ketones is 1. The van der Waals surface area contributed by atoms with Gasteiger partial charge in [0.05, 0.1) is 11.3 Å². The third kappa shape index (κ3) is 2.55. The first-order valence-corrected chi connectivity index (χ1v) is 6.94. The number of aromatic nitrogens is 2. The first-order valence-electron chi connectivity index (χ1n) is 6.94. The fraction of sp³-hybridized carbons (Fsp3) is 0.571. The summed E-state index contributed by atoms with van der Waals surface area (Å²) < 4.78 is 10.2. The van der Waals surface area contributed by atoms with Gasteiger partial charge < -0.3 is 14.4 Å². The first-order chi connectivity index (χ1) is 9.99. The number of nitrogens with zero attached hydrogens (tertiary/aromatic N) is 3. The summed E-state index contributed by atoms with van der Waals surface area (Å²) in [5, 5.41) is 0. The monoisotopic (exact) mass is 291 g/mol. The molecule has 0 amide bonds. The predicted molar refractivity (Wildman–Crippen MR) is 73.4 cm³/mol. The summed E-state index contributed by atoms with van der Waals surface area (Å²) in [6.07, 6.45) is 2.37. The van der Waals surface area contributed by atoms with E-state index < -0.39 is 11.8 Å². The van der Waals surface area contributed by atoms with Gasteiger partial charge in [-0.1, -0.05) is 0 Å². The van der Waals surface area contributed by atoms with Crippen LogP contribution in [-0.2, 0) is 9.47 Å². The van der Waals surface area contributed by atoms with Crippen LogP contribution in [0, 0.1) is 6.92 Å². The quantitative estimate of drug-likeness (QED) is 0.603. The summed E-state index contributed by atoms with van der Waals surface area (Å²) in [5.41, 5.74) is 0.746. The zero-order valence-corrected chi connectivity index (χ0v) is 12.1. The second-order valence-corrected chi connectivity index (χ2v) is 5.54. The van der Waals surface area contributed by atoms with Crippen molar-refractivity contribution in [2.75, 3.05) is 24.6 Å². The van der Waals surface area contributed by atoms with Crippen molar-refractivity contribution in [3.63, 3.8) is 0 Å². The van der Waals surface area contributed by atoms with Crippen LogP contribution in [0.2, 0.25) is 0 Å². The highest BCUT2D eigenvalue weighted by molar-refractivity contribution is 5.94. The molecule has 0 radical (unpaired) electrons. The number of ether oxygens (including phenoxy) is 2. The van der Waals surface area contributed by atoms with Crippen LogP contribution in [0.5, 0.6) is 0 Å². The second kappa shape index (κ2) is 4.98. The van der Waals surface area contributed by atoms with Crippen molar-refractivity contribution in [2.24, 2.45) is 0 Å². The molecule has 21 heavy (non-hydrogen) atoms. The number of hydrogen-bond acceptors (Lipinski definition) is 7. The molecule has 2 aliphatic rings. The molecule has 7 nitrogen and oxygen atoms in total. The predicted octanol–water partition coefficient (Wildman–Crippen LogP) is 1.49. The summed E-state index contributed by atoms with van der Waals surface area (Å²) in [4.78, 5) is 33.2. The molecule has 0 unspecified atom stereocenters. The van der Waals surface area contributed by atoms with Crippen LogP contribution in [0.25, 0.3) is 0 Å². The molecular weight excluding hydrogens is 274 g/mol. The highest BCUT2D eigenvalue weighted by Crippen LogP contribution is 2.32. The largest absolute Gasteiger partial charge is 0.509 e. The van der Waals surface area contributed by atoms with Gasteiger partial charge in [0.1, 0.15) is 6.61 Å². The van der Waals surface area contributed by atoms with Crippen LogP contribution in [0.4, 0.5) is 10.7 Å². The number of carbonyl (C=O) groups excluding carboxylic acids is 2. The summed E-state index contributed by atoms with van der Waals surface area (Å²) in [6.45, 7) is 5.01. The van der Waals surface area contributed by atoms with Gasteiger partial charge in [-0.25, -0.2) is 14.8 Å². The molecule has 3 rings (SSSR count). The topological polar surface area (TPSA) is 81.6 Å². The van der Waals surface area contributed by atoms with Crippen molar-refractivity contribution in [1.29, 1.82) is 0 Å². The molecule has 0 aliphatic carbocycles.